The Labute approximate surface area is 158 Å². The molecule has 1 aliphatic rings. The van der Waals surface area contributed by atoms with Crippen molar-refractivity contribution in [2.75, 3.05) is 13.1 Å². The Morgan fingerprint density at radius 1 is 1.15 bits per heavy atom. The Hall–Kier alpha value is -2.76. The minimum absolute atomic E-state index is 0.0312. The number of carbonyl (C=O) groups is 2. The van der Waals surface area contributed by atoms with Crippen LogP contribution in [0.25, 0.3) is 0 Å². The molecule has 27 heavy (non-hydrogen) atoms. The summed E-state index contributed by atoms with van der Waals surface area (Å²) in [5, 5.41) is 2.91. The summed E-state index contributed by atoms with van der Waals surface area (Å²) in [7, 11) is 0. The first kappa shape index (κ1) is 19.0. The second-order valence-corrected chi connectivity index (χ2v) is 6.89. The molecule has 3 rings (SSSR count). The molecule has 0 radical (unpaired) electrons. The molecule has 142 valence electrons. The van der Waals surface area contributed by atoms with E-state index in [1.807, 2.05) is 12.1 Å². The Kier molecular flexibility index (Phi) is 6.52. The minimum Gasteiger partial charge on any atom is -0.352 e. The van der Waals surface area contributed by atoms with Gasteiger partial charge in [0.1, 0.15) is 5.82 Å². The van der Waals surface area contributed by atoms with Crippen molar-refractivity contribution >= 4 is 11.8 Å². The van der Waals surface area contributed by atoms with Crippen LogP contribution >= 0.6 is 0 Å². The van der Waals surface area contributed by atoms with Crippen molar-refractivity contribution in [1.82, 2.24) is 15.2 Å². The highest BCUT2D eigenvalue weighted by Gasteiger charge is 2.25. The minimum atomic E-state index is -0.477. The molecule has 5 nitrogen and oxygen atoms in total. The van der Waals surface area contributed by atoms with Crippen LogP contribution in [0.15, 0.2) is 48.8 Å². The standard InChI is InChI=1S/C21H24FN3O2/c22-19-6-2-1-5-18(19)21(27)25-12-9-16(10-13-25)7-8-20(26)24-15-17-4-3-11-23-14-17/h1-6,11,14,16H,7-10,12-13,15H2,(H,24,26). The number of nitrogens with one attached hydrogen (secondary N) is 1. The first-order chi connectivity index (χ1) is 13.1. The SMILES string of the molecule is O=C(CCC1CCN(C(=O)c2ccccc2F)CC1)NCc1cccnc1. The number of nitrogens with zero attached hydrogens (tertiary/aromatic N) is 2. The summed E-state index contributed by atoms with van der Waals surface area (Å²) in [6, 6.07) is 9.86. The van der Waals surface area contributed by atoms with Gasteiger partial charge in [0.2, 0.25) is 5.91 Å². The predicted octanol–water partition coefficient (Wildman–Crippen LogP) is 3.17. The largest absolute Gasteiger partial charge is 0.352 e. The summed E-state index contributed by atoms with van der Waals surface area (Å²) >= 11 is 0. The van der Waals surface area contributed by atoms with E-state index in [9.17, 15) is 14.0 Å². The van der Waals surface area contributed by atoms with Crippen molar-refractivity contribution in [3.63, 3.8) is 0 Å². The zero-order valence-corrected chi connectivity index (χ0v) is 15.2. The second kappa shape index (κ2) is 9.26. The van der Waals surface area contributed by atoms with Gasteiger partial charge in [0, 0.05) is 38.4 Å². The van der Waals surface area contributed by atoms with Crippen molar-refractivity contribution in [3.8, 4) is 0 Å². The predicted molar refractivity (Wildman–Crippen MR) is 100 cm³/mol. The Bertz CT molecular complexity index is 774. The fourth-order valence-corrected chi connectivity index (χ4v) is 3.36. The molecule has 0 aliphatic carbocycles. The van der Waals surface area contributed by atoms with Crippen molar-refractivity contribution in [1.29, 1.82) is 0 Å². The average molecular weight is 369 g/mol. The molecular formula is C21H24FN3O2. The molecule has 0 atom stereocenters. The van der Waals surface area contributed by atoms with Gasteiger partial charge in [0.25, 0.3) is 5.91 Å². The highest BCUT2D eigenvalue weighted by Crippen LogP contribution is 2.23. The zero-order chi connectivity index (χ0) is 19.1. The monoisotopic (exact) mass is 369 g/mol. The van der Waals surface area contributed by atoms with Crippen LogP contribution in [-0.2, 0) is 11.3 Å². The van der Waals surface area contributed by atoms with E-state index in [0.29, 0.717) is 32.0 Å². The Morgan fingerprint density at radius 2 is 1.93 bits per heavy atom. The molecule has 1 fully saturated rings. The number of pyridine rings is 1. The average Bonchev–Trinajstić information content (AvgIpc) is 2.72. The number of likely N-dealkylation sites (tertiary alicyclic amines) is 1. The van der Waals surface area contributed by atoms with Crippen molar-refractivity contribution in [2.45, 2.75) is 32.2 Å². The second-order valence-electron chi connectivity index (χ2n) is 6.89. The lowest BCUT2D eigenvalue weighted by Crippen LogP contribution is -2.39. The molecule has 1 N–H and O–H groups in total. The summed E-state index contributed by atoms with van der Waals surface area (Å²) in [6.07, 6.45) is 6.41. The third-order valence-electron chi connectivity index (χ3n) is 5.00. The van der Waals surface area contributed by atoms with E-state index in [-0.39, 0.29) is 17.4 Å². The van der Waals surface area contributed by atoms with Crippen molar-refractivity contribution in [3.05, 3.63) is 65.7 Å². The fourth-order valence-electron chi connectivity index (χ4n) is 3.36. The summed E-state index contributed by atoms with van der Waals surface area (Å²) in [5.41, 5.74) is 1.11. The number of benzene rings is 1. The van der Waals surface area contributed by atoms with E-state index in [0.717, 1.165) is 24.8 Å². The van der Waals surface area contributed by atoms with Gasteiger partial charge >= 0.3 is 0 Å². The van der Waals surface area contributed by atoms with E-state index in [4.69, 9.17) is 0 Å². The van der Waals surface area contributed by atoms with E-state index in [1.165, 1.54) is 12.1 Å². The topological polar surface area (TPSA) is 62.3 Å². The molecule has 2 aromatic rings. The van der Waals surface area contributed by atoms with Crippen LogP contribution in [0.5, 0.6) is 0 Å². The highest BCUT2D eigenvalue weighted by atomic mass is 19.1. The van der Waals surface area contributed by atoms with Crippen LogP contribution in [0.4, 0.5) is 4.39 Å². The molecule has 0 spiro atoms. The lowest BCUT2D eigenvalue weighted by Gasteiger charge is -2.32. The first-order valence-corrected chi connectivity index (χ1v) is 9.33. The Morgan fingerprint density at radius 3 is 2.63 bits per heavy atom. The van der Waals surface area contributed by atoms with E-state index in [1.54, 1.807) is 29.4 Å². The number of hydrogen-bond acceptors (Lipinski definition) is 3. The van der Waals surface area contributed by atoms with E-state index in [2.05, 4.69) is 10.3 Å². The number of carbonyl (C=O) groups excluding carboxylic acids is 2. The van der Waals surface area contributed by atoms with Crippen molar-refractivity contribution < 1.29 is 14.0 Å². The summed E-state index contributed by atoms with van der Waals surface area (Å²) in [6.45, 7) is 1.70. The quantitative estimate of drug-likeness (QED) is 0.851. The number of piperidine rings is 1. The Balaban J connectivity index is 1.39. The van der Waals surface area contributed by atoms with Crippen LogP contribution in [-0.4, -0.2) is 34.8 Å². The number of hydrogen-bond donors (Lipinski definition) is 1. The van der Waals surface area contributed by atoms with Gasteiger partial charge in [-0.3, -0.25) is 14.6 Å². The molecule has 2 heterocycles. The van der Waals surface area contributed by atoms with E-state index >= 15 is 0 Å². The molecule has 1 aliphatic heterocycles. The van der Waals surface area contributed by atoms with Crippen LogP contribution in [0.1, 0.15) is 41.6 Å². The van der Waals surface area contributed by atoms with Gasteiger partial charge < -0.3 is 10.2 Å². The maximum absolute atomic E-state index is 13.8. The molecule has 0 unspecified atom stereocenters. The molecule has 1 saturated heterocycles. The molecule has 1 aromatic carbocycles. The highest BCUT2D eigenvalue weighted by molar-refractivity contribution is 5.94. The molecular weight excluding hydrogens is 345 g/mol. The lowest BCUT2D eigenvalue weighted by atomic mass is 9.91. The molecule has 0 saturated carbocycles. The van der Waals surface area contributed by atoms with Gasteiger partial charge in [-0.15, -0.1) is 0 Å². The number of rotatable bonds is 6. The van der Waals surface area contributed by atoms with Crippen LogP contribution < -0.4 is 5.32 Å². The number of halogens is 1. The van der Waals surface area contributed by atoms with Crippen molar-refractivity contribution in [2.24, 2.45) is 5.92 Å². The lowest BCUT2D eigenvalue weighted by molar-refractivity contribution is -0.121. The normalized spacial score (nSPS) is 14.8. The number of amides is 2. The molecule has 0 bridgehead atoms. The van der Waals surface area contributed by atoms with Gasteiger partial charge in [-0.1, -0.05) is 18.2 Å². The van der Waals surface area contributed by atoms with Gasteiger partial charge in [0.05, 0.1) is 5.56 Å². The molecule has 1 aromatic heterocycles. The van der Waals surface area contributed by atoms with Crippen LogP contribution in [0.3, 0.4) is 0 Å². The van der Waals surface area contributed by atoms with Gasteiger partial charge in [0.15, 0.2) is 0 Å². The third kappa shape index (κ3) is 5.36. The fraction of sp³-hybridized carbons (Fsp3) is 0.381. The third-order valence-corrected chi connectivity index (χ3v) is 5.00. The first-order valence-electron chi connectivity index (χ1n) is 9.33. The smallest absolute Gasteiger partial charge is 0.256 e. The summed E-state index contributed by atoms with van der Waals surface area (Å²) in [4.78, 5) is 30.2. The van der Waals surface area contributed by atoms with Gasteiger partial charge in [-0.05, 0) is 48.9 Å². The number of aromatic nitrogens is 1. The van der Waals surface area contributed by atoms with Crippen LogP contribution in [0, 0.1) is 11.7 Å². The van der Waals surface area contributed by atoms with E-state index < -0.39 is 5.82 Å². The summed E-state index contributed by atoms with van der Waals surface area (Å²) in [5.74, 6) is -0.279. The molecule has 6 heteroatoms. The maximum atomic E-state index is 13.8. The van der Waals surface area contributed by atoms with Crippen LogP contribution in [0.2, 0.25) is 0 Å². The van der Waals surface area contributed by atoms with Gasteiger partial charge in [-0.25, -0.2) is 4.39 Å². The zero-order valence-electron chi connectivity index (χ0n) is 15.2. The maximum Gasteiger partial charge on any atom is 0.256 e. The summed E-state index contributed by atoms with van der Waals surface area (Å²) < 4.78 is 13.8. The van der Waals surface area contributed by atoms with Gasteiger partial charge in [-0.2, -0.15) is 0 Å². The molecule has 2 amide bonds.